The van der Waals surface area contributed by atoms with E-state index < -0.39 is 6.04 Å². The minimum Gasteiger partial charge on any atom is -0.496 e. The maximum Gasteiger partial charge on any atom is 0.257 e. The van der Waals surface area contributed by atoms with E-state index in [1.807, 2.05) is 35.2 Å². The summed E-state index contributed by atoms with van der Waals surface area (Å²) in [6, 6.07) is 14.9. The Balaban J connectivity index is 1.34. The number of anilines is 1. The van der Waals surface area contributed by atoms with Crippen LogP contribution in [0.15, 0.2) is 64.1 Å². The summed E-state index contributed by atoms with van der Waals surface area (Å²) in [5.41, 5.74) is 3.55. The Morgan fingerprint density at radius 3 is 2.55 bits per heavy atom. The standard InChI is InChI=1S/C31H33BrN4O4/c1-19-20(2)30(38)25(10-11-27(19)37)33-29-16-21(23-9-8-22(32)17-26(23)34-29)18-35-12-14-36(15-13-35)31(39)24-6-4-5-7-28(24)40-3/h4-9,16-17,25H,10-15,18H2,1-3H3,(H,33,34)/t25-/m1/s1. The molecule has 0 bridgehead atoms. The van der Waals surface area contributed by atoms with Crippen molar-refractivity contribution in [2.45, 2.75) is 39.3 Å². The number of halogens is 1. The molecule has 2 heterocycles. The van der Waals surface area contributed by atoms with Crippen molar-refractivity contribution in [2.24, 2.45) is 0 Å². The first-order valence-corrected chi connectivity index (χ1v) is 14.3. The SMILES string of the molecule is COc1ccccc1C(=O)N1CCN(Cc2cc(N[C@@H]3CCC(=O)C(C)=C(C)C3=O)nc3cc(Br)ccc23)CC1. The minimum atomic E-state index is -0.504. The molecule has 1 saturated heterocycles. The summed E-state index contributed by atoms with van der Waals surface area (Å²) in [6.07, 6.45) is 0.762. The minimum absolute atomic E-state index is 0.0195. The summed E-state index contributed by atoms with van der Waals surface area (Å²) < 4.78 is 6.31. The van der Waals surface area contributed by atoms with Crippen LogP contribution in [0.3, 0.4) is 0 Å². The number of methoxy groups -OCH3 is 1. The molecular weight excluding hydrogens is 572 g/mol. The molecular formula is C31H33BrN4O4. The van der Waals surface area contributed by atoms with E-state index in [9.17, 15) is 14.4 Å². The highest BCUT2D eigenvalue weighted by molar-refractivity contribution is 9.10. The normalized spacial score (nSPS) is 18.7. The Morgan fingerprint density at radius 1 is 1.05 bits per heavy atom. The average Bonchev–Trinajstić information content (AvgIpc) is 3.05. The van der Waals surface area contributed by atoms with Crippen LogP contribution in [0.5, 0.6) is 5.75 Å². The fourth-order valence-electron chi connectivity index (χ4n) is 5.39. The number of para-hydroxylation sites is 1. The molecule has 1 aliphatic heterocycles. The number of Topliss-reactive ketones (excluding diaryl/α,β-unsaturated/α-hetero) is 2. The van der Waals surface area contributed by atoms with Gasteiger partial charge in [-0.25, -0.2) is 4.98 Å². The average molecular weight is 606 g/mol. The number of carbonyl (C=O) groups excluding carboxylic acids is 3. The summed E-state index contributed by atoms with van der Waals surface area (Å²) in [7, 11) is 1.58. The number of allylic oxidation sites excluding steroid dienone is 1. The van der Waals surface area contributed by atoms with E-state index in [1.54, 1.807) is 33.1 Å². The molecule has 5 rings (SSSR count). The Morgan fingerprint density at radius 2 is 1.80 bits per heavy atom. The summed E-state index contributed by atoms with van der Waals surface area (Å²) in [6.45, 7) is 6.84. The van der Waals surface area contributed by atoms with Gasteiger partial charge in [-0.05, 0) is 61.7 Å². The second-order valence-electron chi connectivity index (χ2n) is 10.4. The molecule has 1 N–H and O–H groups in total. The van der Waals surface area contributed by atoms with E-state index in [0.717, 1.165) is 34.0 Å². The van der Waals surface area contributed by atoms with Crippen LogP contribution in [0, 0.1) is 0 Å². The third-order valence-corrected chi connectivity index (χ3v) is 8.39. The number of nitrogens with one attached hydrogen (secondary N) is 1. The Labute approximate surface area is 242 Å². The van der Waals surface area contributed by atoms with Crippen LogP contribution in [-0.2, 0) is 16.1 Å². The van der Waals surface area contributed by atoms with E-state index >= 15 is 0 Å². The summed E-state index contributed by atoms with van der Waals surface area (Å²) >= 11 is 3.55. The van der Waals surface area contributed by atoms with Crippen molar-refractivity contribution in [2.75, 3.05) is 38.6 Å². The number of hydrogen-bond donors (Lipinski definition) is 1. The maximum absolute atomic E-state index is 13.2. The Hall–Kier alpha value is -3.56. The lowest BCUT2D eigenvalue weighted by Gasteiger charge is -2.35. The molecule has 208 valence electrons. The second-order valence-corrected chi connectivity index (χ2v) is 11.3. The topological polar surface area (TPSA) is 91.8 Å². The molecule has 0 radical (unpaired) electrons. The first-order chi connectivity index (χ1) is 19.2. The molecule has 2 aliphatic rings. The van der Waals surface area contributed by atoms with Crippen molar-refractivity contribution in [3.05, 3.63) is 75.3 Å². The van der Waals surface area contributed by atoms with Gasteiger partial charge in [0, 0.05) is 54.6 Å². The maximum atomic E-state index is 13.2. The fraction of sp³-hybridized carbons (Fsp3) is 0.355. The number of piperazine rings is 1. The predicted molar refractivity (Wildman–Crippen MR) is 159 cm³/mol. The number of amides is 1. The highest BCUT2D eigenvalue weighted by Crippen LogP contribution is 2.28. The van der Waals surface area contributed by atoms with Crippen LogP contribution >= 0.6 is 15.9 Å². The van der Waals surface area contributed by atoms with Crippen molar-refractivity contribution in [1.82, 2.24) is 14.8 Å². The monoisotopic (exact) mass is 604 g/mol. The van der Waals surface area contributed by atoms with Gasteiger partial charge in [0.15, 0.2) is 11.6 Å². The van der Waals surface area contributed by atoms with Crippen LogP contribution in [0.2, 0.25) is 0 Å². The van der Waals surface area contributed by atoms with Gasteiger partial charge < -0.3 is 15.0 Å². The Kier molecular flexibility index (Phi) is 8.32. The van der Waals surface area contributed by atoms with E-state index in [1.165, 1.54) is 0 Å². The lowest BCUT2D eigenvalue weighted by molar-refractivity contribution is -0.116. The van der Waals surface area contributed by atoms with E-state index in [0.29, 0.717) is 60.8 Å². The molecule has 0 spiro atoms. The number of ketones is 2. The second kappa shape index (κ2) is 11.9. The van der Waals surface area contributed by atoms with Crippen LogP contribution in [0.4, 0.5) is 5.82 Å². The molecule has 1 aliphatic carbocycles. The molecule has 3 aromatic rings. The number of carbonyl (C=O) groups is 3. The third-order valence-electron chi connectivity index (χ3n) is 7.90. The van der Waals surface area contributed by atoms with E-state index in [2.05, 4.69) is 32.2 Å². The summed E-state index contributed by atoms with van der Waals surface area (Å²) in [5.74, 6) is 1.14. The first-order valence-electron chi connectivity index (χ1n) is 13.5. The number of aromatic nitrogens is 1. The highest BCUT2D eigenvalue weighted by Gasteiger charge is 2.28. The number of fused-ring (bicyclic) bond motifs is 1. The van der Waals surface area contributed by atoms with Crippen LogP contribution in [-0.4, -0.2) is 71.6 Å². The number of benzene rings is 2. The van der Waals surface area contributed by atoms with Gasteiger partial charge in [-0.2, -0.15) is 0 Å². The molecule has 0 saturated carbocycles. The number of hydrogen-bond acceptors (Lipinski definition) is 7. The van der Waals surface area contributed by atoms with Crippen molar-refractivity contribution in [1.29, 1.82) is 0 Å². The van der Waals surface area contributed by atoms with Crippen LogP contribution in [0.1, 0.15) is 42.6 Å². The van der Waals surface area contributed by atoms with Crippen molar-refractivity contribution < 1.29 is 19.1 Å². The zero-order chi connectivity index (χ0) is 28.4. The molecule has 1 atom stereocenters. The van der Waals surface area contributed by atoms with Gasteiger partial charge in [0.1, 0.15) is 11.6 Å². The van der Waals surface area contributed by atoms with Crippen LogP contribution in [0.25, 0.3) is 10.9 Å². The van der Waals surface area contributed by atoms with Crippen molar-refractivity contribution in [3.8, 4) is 5.75 Å². The molecule has 1 aromatic heterocycles. The zero-order valence-electron chi connectivity index (χ0n) is 23.0. The first kappa shape index (κ1) is 28.0. The lowest BCUT2D eigenvalue weighted by atomic mass is 10.0. The third kappa shape index (κ3) is 5.81. The van der Waals surface area contributed by atoms with E-state index in [-0.39, 0.29) is 17.5 Å². The van der Waals surface area contributed by atoms with Gasteiger partial charge in [0.05, 0.1) is 24.2 Å². The zero-order valence-corrected chi connectivity index (χ0v) is 24.6. The molecule has 2 aromatic carbocycles. The molecule has 1 amide bonds. The molecule has 8 nitrogen and oxygen atoms in total. The molecule has 40 heavy (non-hydrogen) atoms. The van der Waals surface area contributed by atoms with Gasteiger partial charge >= 0.3 is 0 Å². The van der Waals surface area contributed by atoms with E-state index in [4.69, 9.17) is 9.72 Å². The smallest absolute Gasteiger partial charge is 0.257 e. The highest BCUT2D eigenvalue weighted by atomic mass is 79.9. The lowest BCUT2D eigenvalue weighted by Crippen LogP contribution is -2.48. The van der Waals surface area contributed by atoms with Gasteiger partial charge in [-0.1, -0.05) is 34.1 Å². The van der Waals surface area contributed by atoms with Gasteiger partial charge in [0.25, 0.3) is 5.91 Å². The largest absolute Gasteiger partial charge is 0.496 e. The molecule has 0 unspecified atom stereocenters. The number of rotatable bonds is 6. The molecule has 1 fully saturated rings. The van der Waals surface area contributed by atoms with Gasteiger partial charge in [-0.3, -0.25) is 19.3 Å². The number of pyridine rings is 1. The number of ether oxygens (including phenoxy) is 1. The van der Waals surface area contributed by atoms with Gasteiger partial charge in [-0.15, -0.1) is 0 Å². The fourth-order valence-corrected chi connectivity index (χ4v) is 5.73. The van der Waals surface area contributed by atoms with Crippen molar-refractivity contribution in [3.63, 3.8) is 0 Å². The summed E-state index contributed by atoms with van der Waals surface area (Å²) in [4.78, 5) is 47.6. The van der Waals surface area contributed by atoms with Crippen LogP contribution < -0.4 is 10.1 Å². The Bertz CT molecular complexity index is 1510. The predicted octanol–water partition coefficient (Wildman–Crippen LogP) is 5.01. The summed E-state index contributed by atoms with van der Waals surface area (Å²) in [5, 5.41) is 4.37. The quantitative estimate of drug-likeness (QED) is 0.423. The van der Waals surface area contributed by atoms with Crippen molar-refractivity contribution >= 4 is 50.1 Å². The van der Waals surface area contributed by atoms with Gasteiger partial charge in [0.2, 0.25) is 0 Å². The molecule has 9 heteroatoms. The number of nitrogens with zero attached hydrogens (tertiary/aromatic N) is 3.